The first-order valence-electron chi connectivity index (χ1n) is 5.66. The molecule has 0 aromatic rings. The molecule has 3 N–H and O–H groups in total. The van der Waals surface area contributed by atoms with Crippen molar-refractivity contribution < 1.29 is 29.6 Å². The lowest BCUT2D eigenvalue weighted by molar-refractivity contribution is -0.221. The summed E-state index contributed by atoms with van der Waals surface area (Å²) in [4.78, 5) is 11.7. The van der Waals surface area contributed by atoms with Gasteiger partial charge in [0.2, 0.25) is 0 Å². The van der Waals surface area contributed by atoms with Gasteiger partial charge in [0.25, 0.3) is 0 Å². The van der Waals surface area contributed by atoms with Crippen LogP contribution in [0.15, 0.2) is 0 Å². The van der Waals surface area contributed by atoms with Crippen molar-refractivity contribution in [1.29, 1.82) is 0 Å². The van der Waals surface area contributed by atoms with Crippen LogP contribution in [0.25, 0.3) is 0 Å². The summed E-state index contributed by atoms with van der Waals surface area (Å²) in [6.07, 6.45) is -4.54. The van der Waals surface area contributed by atoms with Crippen LogP contribution in [0, 0.1) is 5.41 Å². The zero-order valence-electron chi connectivity index (χ0n) is 10.5. The summed E-state index contributed by atoms with van der Waals surface area (Å²) in [6.45, 7) is 4.62. The summed E-state index contributed by atoms with van der Waals surface area (Å²) in [5.41, 5.74) is -0.717. The lowest BCUT2D eigenvalue weighted by Gasteiger charge is -2.40. The van der Waals surface area contributed by atoms with Crippen molar-refractivity contribution in [2.45, 2.75) is 50.2 Å². The summed E-state index contributed by atoms with van der Waals surface area (Å²) >= 11 is 3.12. The maximum Gasteiger partial charge on any atom is 0.311 e. The fraction of sp³-hybridized carbons (Fsp3) is 0.909. The molecule has 0 spiro atoms. The Morgan fingerprint density at radius 3 is 2.33 bits per heavy atom. The van der Waals surface area contributed by atoms with E-state index in [0.29, 0.717) is 0 Å². The van der Waals surface area contributed by atoms with E-state index >= 15 is 0 Å². The molecule has 1 fully saturated rings. The molecule has 0 aromatic carbocycles. The fourth-order valence-electron chi connectivity index (χ4n) is 1.47. The van der Waals surface area contributed by atoms with Crippen molar-refractivity contribution in [2.24, 2.45) is 5.41 Å². The minimum Gasteiger partial charge on any atom is -0.455 e. The molecule has 0 aliphatic carbocycles. The molecule has 6 nitrogen and oxygen atoms in total. The molecule has 0 radical (unpaired) electrons. The molecule has 1 saturated heterocycles. The topological polar surface area (TPSA) is 96.2 Å². The number of alkyl halides is 1. The van der Waals surface area contributed by atoms with Crippen molar-refractivity contribution in [3.05, 3.63) is 0 Å². The van der Waals surface area contributed by atoms with Crippen molar-refractivity contribution in [1.82, 2.24) is 0 Å². The predicted molar refractivity (Wildman–Crippen MR) is 66.0 cm³/mol. The Bertz CT molecular complexity index is 302. The number of aliphatic hydroxyl groups is 3. The van der Waals surface area contributed by atoms with Crippen molar-refractivity contribution in [2.75, 3.05) is 6.61 Å². The maximum absolute atomic E-state index is 11.7. The zero-order valence-corrected chi connectivity index (χ0v) is 12.1. The molecular weight excluding hydrogens is 308 g/mol. The number of ether oxygens (including phenoxy) is 2. The Morgan fingerprint density at radius 2 is 1.89 bits per heavy atom. The summed E-state index contributed by atoms with van der Waals surface area (Å²) in [6, 6.07) is 0. The molecular formula is C11H19BrO6. The van der Waals surface area contributed by atoms with Crippen molar-refractivity contribution in [3.8, 4) is 0 Å². The molecule has 5 atom stereocenters. The van der Waals surface area contributed by atoms with Crippen LogP contribution < -0.4 is 0 Å². The van der Waals surface area contributed by atoms with E-state index in [1.54, 1.807) is 20.8 Å². The summed E-state index contributed by atoms with van der Waals surface area (Å²) < 4.78 is 10.4. The van der Waals surface area contributed by atoms with Crippen LogP contribution in [-0.2, 0) is 14.3 Å². The highest BCUT2D eigenvalue weighted by Gasteiger charge is 2.46. The second-order valence-electron chi connectivity index (χ2n) is 5.31. The standard InChI is InChI=1S/C11H19BrO6/c1-11(2,3)10(16)18-8-7(15)6(14)5(4-13)17-9(8)12/h5-9,13-15H,4H2,1-3H3/t5-,6-,7+,8-,9?/m1/s1. The highest BCUT2D eigenvalue weighted by atomic mass is 79.9. The molecule has 1 rings (SSSR count). The highest BCUT2D eigenvalue weighted by molar-refractivity contribution is 9.09. The van der Waals surface area contributed by atoms with Gasteiger partial charge in [-0.3, -0.25) is 4.79 Å². The first-order chi connectivity index (χ1) is 8.18. The van der Waals surface area contributed by atoms with E-state index in [1.165, 1.54) is 0 Å². The summed E-state index contributed by atoms with van der Waals surface area (Å²) in [5.74, 6) is -0.505. The van der Waals surface area contributed by atoms with Crippen molar-refractivity contribution in [3.63, 3.8) is 0 Å². The maximum atomic E-state index is 11.7. The van der Waals surface area contributed by atoms with Crippen LogP contribution in [0.1, 0.15) is 20.8 Å². The van der Waals surface area contributed by atoms with E-state index in [2.05, 4.69) is 15.9 Å². The second kappa shape index (κ2) is 5.83. The van der Waals surface area contributed by atoms with E-state index in [0.717, 1.165) is 0 Å². The Balaban J connectivity index is 2.74. The number of hydrogen-bond acceptors (Lipinski definition) is 6. The third-order valence-corrected chi connectivity index (χ3v) is 3.40. The normalized spacial score (nSPS) is 37.4. The Hall–Kier alpha value is -0.210. The molecule has 106 valence electrons. The first-order valence-corrected chi connectivity index (χ1v) is 6.57. The average Bonchev–Trinajstić information content (AvgIpc) is 2.27. The fourth-order valence-corrected chi connectivity index (χ4v) is 2.17. The second-order valence-corrected chi connectivity index (χ2v) is 6.21. The molecule has 0 aromatic heterocycles. The van der Waals surface area contributed by atoms with Gasteiger partial charge in [0.15, 0.2) is 11.1 Å². The van der Waals surface area contributed by atoms with E-state index in [1.807, 2.05) is 0 Å². The summed E-state index contributed by atoms with van der Waals surface area (Å²) in [7, 11) is 0. The number of carbonyl (C=O) groups excluding carboxylic acids is 1. The average molecular weight is 327 g/mol. The van der Waals surface area contributed by atoms with E-state index in [9.17, 15) is 15.0 Å². The minimum atomic E-state index is -1.31. The van der Waals surface area contributed by atoms with Gasteiger partial charge in [0.05, 0.1) is 12.0 Å². The predicted octanol–water partition coefficient (Wildman–Crippen LogP) is -0.222. The van der Waals surface area contributed by atoms with Gasteiger partial charge in [0, 0.05) is 0 Å². The molecule has 1 aliphatic rings. The van der Waals surface area contributed by atoms with E-state index in [4.69, 9.17) is 14.6 Å². The molecule has 1 aliphatic heterocycles. The van der Waals surface area contributed by atoms with Gasteiger partial charge in [-0.05, 0) is 20.8 Å². The van der Waals surface area contributed by atoms with Crippen LogP contribution in [0.5, 0.6) is 0 Å². The lowest BCUT2D eigenvalue weighted by atomic mass is 9.96. The van der Waals surface area contributed by atoms with Gasteiger partial charge in [-0.1, -0.05) is 15.9 Å². The van der Waals surface area contributed by atoms with Crippen molar-refractivity contribution >= 4 is 21.9 Å². The van der Waals surface area contributed by atoms with Gasteiger partial charge < -0.3 is 24.8 Å². The highest BCUT2D eigenvalue weighted by Crippen LogP contribution is 2.29. The molecule has 1 unspecified atom stereocenters. The number of rotatable bonds is 2. The monoisotopic (exact) mass is 326 g/mol. The molecule has 7 heteroatoms. The van der Waals surface area contributed by atoms with Crippen LogP contribution in [0.4, 0.5) is 0 Å². The van der Waals surface area contributed by atoms with Crippen LogP contribution in [0.3, 0.4) is 0 Å². The van der Waals surface area contributed by atoms with Gasteiger partial charge in [0.1, 0.15) is 18.3 Å². The van der Waals surface area contributed by atoms with Gasteiger partial charge in [-0.25, -0.2) is 0 Å². The number of carbonyl (C=O) groups is 1. The van der Waals surface area contributed by atoms with Crippen LogP contribution in [0.2, 0.25) is 0 Å². The molecule has 1 heterocycles. The van der Waals surface area contributed by atoms with Gasteiger partial charge >= 0.3 is 5.97 Å². The summed E-state index contributed by atoms with van der Waals surface area (Å²) in [5, 5.41) is 27.8. The quantitative estimate of drug-likeness (QED) is 0.479. The smallest absolute Gasteiger partial charge is 0.311 e. The number of aliphatic hydroxyl groups excluding tert-OH is 3. The number of esters is 1. The number of halogens is 1. The minimum absolute atomic E-state index is 0.430. The number of hydrogen-bond donors (Lipinski definition) is 3. The van der Waals surface area contributed by atoms with E-state index < -0.39 is 47.4 Å². The van der Waals surface area contributed by atoms with Crippen LogP contribution in [-0.4, -0.2) is 57.3 Å². The molecule has 18 heavy (non-hydrogen) atoms. The Kier molecular flexibility index (Phi) is 5.13. The Morgan fingerprint density at radius 1 is 1.33 bits per heavy atom. The van der Waals surface area contributed by atoms with Crippen LogP contribution >= 0.6 is 15.9 Å². The van der Waals surface area contributed by atoms with Gasteiger partial charge in [-0.15, -0.1) is 0 Å². The third kappa shape index (κ3) is 3.42. The largest absolute Gasteiger partial charge is 0.455 e. The SMILES string of the molecule is CC(C)(C)C(=O)O[C@H]1C(Br)O[C@H](CO)[C@@H](O)[C@@H]1O. The molecule has 0 amide bonds. The van der Waals surface area contributed by atoms with E-state index in [-0.39, 0.29) is 0 Å². The molecule has 0 saturated carbocycles. The third-order valence-electron chi connectivity index (χ3n) is 2.67. The zero-order chi connectivity index (χ0) is 14.1. The first kappa shape index (κ1) is 15.8. The van der Waals surface area contributed by atoms with Gasteiger partial charge in [-0.2, -0.15) is 0 Å². The lowest BCUT2D eigenvalue weighted by Crippen LogP contribution is -2.58. The molecule has 0 bridgehead atoms. The Labute approximate surface area is 114 Å².